The van der Waals surface area contributed by atoms with Crippen molar-refractivity contribution < 1.29 is 27.9 Å². The highest BCUT2D eigenvalue weighted by molar-refractivity contribution is 7.91. The van der Waals surface area contributed by atoms with Crippen LogP contribution in [0.4, 0.5) is 0 Å². The van der Waals surface area contributed by atoms with Crippen molar-refractivity contribution >= 4 is 21.8 Å². The number of sulfone groups is 1. The smallest absolute Gasteiger partial charge is 0.310 e. The molecule has 7 heteroatoms. The third-order valence-electron chi connectivity index (χ3n) is 3.17. The number of carboxylic acids is 1. The quantitative estimate of drug-likeness (QED) is 0.732. The average molecular weight is 264 g/mol. The minimum atomic E-state index is -3.18. The average Bonchev–Trinajstić information content (AvgIpc) is 2.39. The van der Waals surface area contributed by atoms with E-state index in [1.54, 1.807) is 0 Å². The van der Waals surface area contributed by atoms with E-state index in [4.69, 9.17) is 0 Å². The van der Waals surface area contributed by atoms with Crippen molar-refractivity contribution in [3.63, 3.8) is 0 Å². The first-order valence-corrected chi connectivity index (χ1v) is 7.14. The van der Waals surface area contributed by atoms with Gasteiger partial charge in [-0.2, -0.15) is 0 Å². The van der Waals surface area contributed by atoms with Crippen LogP contribution in [0.5, 0.6) is 0 Å². The zero-order valence-corrected chi connectivity index (χ0v) is 10.5. The molecule has 17 heavy (non-hydrogen) atoms. The highest BCUT2D eigenvalue weighted by Gasteiger charge is 2.43. The van der Waals surface area contributed by atoms with Crippen LogP contribution in [-0.2, 0) is 24.2 Å². The molecule has 0 amide bonds. The summed E-state index contributed by atoms with van der Waals surface area (Å²) in [6.45, 7) is 0. The van der Waals surface area contributed by atoms with Gasteiger partial charge < -0.3 is 9.84 Å². The number of carboxylic acid groups (broad SMARTS) is 1. The van der Waals surface area contributed by atoms with E-state index < -0.39 is 27.2 Å². The Morgan fingerprint density at radius 3 is 2.47 bits per heavy atom. The van der Waals surface area contributed by atoms with Crippen LogP contribution >= 0.6 is 0 Å². The number of carbonyl (C=O) groups excluding carboxylic acids is 1. The summed E-state index contributed by atoms with van der Waals surface area (Å²) in [4.78, 5) is 22.5. The fourth-order valence-electron chi connectivity index (χ4n) is 2.02. The SMILES string of the molecule is COC(=O)CC1(C(=O)O)CCCS(=O)(=O)CC1. The second-order valence-corrected chi connectivity index (χ2v) is 6.65. The van der Waals surface area contributed by atoms with Gasteiger partial charge in [-0.05, 0) is 19.3 Å². The summed E-state index contributed by atoms with van der Waals surface area (Å²) in [5, 5.41) is 9.23. The van der Waals surface area contributed by atoms with E-state index in [1.807, 2.05) is 0 Å². The molecule has 0 aliphatic carbocycles. The number of esters is 1. The molecule has 98 valence electrons. The molecule has 0 spiro atoms. The van der Waals surface area contributed by atoms with Gasteiger partial charge in [0.25, 0.3) is 0 Å². The van der Waals surface area contributed by atoms with Crippen LogP contribution in [-0.4, -0.2) is 44.1 Å². The standard InChI is InChI=1S/C10H16O6S/c1-16-8(11)7-10(9(12)13)3-2-5-17(14,15)6-4-10/h2-7H2,1H3,(H,12,13). The third kappa shape index (κ3) is 3.42. The van der Waals surface area contributed by atoms with Crippen LogP contribution < -0.4 is 0 Å². The summed E-state index contributed by atoms with van der Waals surface area (Å²) in [7, 11) is -2.00. The van der Waals surface area contributed by atoms with Crippen LogP contribution in [0, 0.1) is 5.41 Å². The Morgan fingerprint density at radius 2 is 1.94 bits per heavy atom. The number of ether oxygens (including phenoxy) is 1. The molecule has 0 aromatic rings. The lowest BCUT2D eigenvalue weighted by Crippen LogP contribution is -2.34. The first-order valence-electron chi connectivity index (χ1n) is 5.32. The molecule has 1 atom stereocenters. The largest absolute Gasteiger partial charge is 0.481 e. The predicted molar refractivity (Wildman–Crippen MR) is 59.2 cm³/mol. The van der Waals surface area contributed by atoms with Gasteiger partial charge in [-0.1, -0.05) is 0 Å². The van der Waals surface area contributed by atoms with Crippen molar-refractivity contribution in [1.29, 1.82) is 0 Å². The molecule has 1 rings (SSSR count). The van der Waals surface area contributed by atoms with Gasteiger partial charge in [-0.25, -0.2) is 8.42 Å². The number of rotatable bonds is 3. The lowest BCUT2D eigenvalue weighted by Gasteiger charge is -2.25. The maximum atomic E-state index is 11.4. The van der Waals surface area contributed by atoms with Crippen molar-refractivity contribution in [2.24, 2.45) is 5.41 Å². The number of methoxy groups -OCH3 is 1. The summed E-state index contributed by atoms with van der Waals surface area (Å²) >= 11 is 0. The topological polar surface area (TPSA) is 97.7 Å². The van der Waals surface area contributed by atoms with Crippen LogP contribution in [0.15, 0.2) is 0 Å². The van der Waals surface area contributed by atoms with Crippen molar-refractivity contribution in [2.45, 2.75) is 25.7 Å². The van der Waals surface area contributed by atoms with E-state index in [0.717, 1.165) is 0 Å². The van der Waals surface area contributed by atoms with Crippen LogP contribution in [0.2, 0.25) is 0 Å². The van der Waals surface area contributed by atoms with Crippen molar-refractivity contribution in [2.75, 3.05) is 18.6 Å². The maximum absolute atomic E-state index is 11.4. The molecule has 6 nitrogen and oxygen atoms in total. The van der Waals surface area contributed by atoms with Gasteiger partial charge in [-0.15, -0.1) is 0 Å². The molecule has 1 aliphatic rings. The molecule has 1 N–H and O–H groups in total. The molecule has 0 aromatic heterocycles. The number of aliphatic carboxylic acids is 1. The fraction of sp³-hybridized carbons (Fsp3) is 0.800. The highest BCUT2D eigenvalue weighted by atomic mass is 32.2. The highest BCUT2D eigenvalue weighted by Crippen LogP contribution is 2.36. The van der Waals surface area contributed by atoms with Crippen LogP contribution in [0.3, 0.4) is 0 Å². The van der Waals surface area contributed by atoms with Crippen LogP contribution in [0.1, 0.15) is 25.7 Å². The van der Waals surface area contributed by atoms with Gasteiger partial charge in [0.1, 0.15) is 9.84 Å². The Balaban J connectivity index is 2.92. The molecular weight excluding hydrogens is 248 g/mol. The summed E-state index contributed by atoms with van der Waals surface area (Å²) in [5.41, 5.74) is -1.29. The van der Waals surface area contributed by atoms with E-state index in [2.05, 4.69) is 4.74 Å². The van der Waals surface area contributed by atoms with Gasteiger partial charge in [0.2, 0.25) is 0 Å². The van der Waals surface area contributed by atoms with E-state index in [9.17, 15) is 23.1 Å². The minimum Gasteiger partial charge on any atom is -0.481 e. The summed E-state index contributed by atoms with van der Waals surface area (Å²) in [5.74, 6) is -1.94. The van der Waals surface area contributed by atoms with E-state index in [-0.39, 0.29) is 37.2 Å². The van der Waals surface area contributed by atoms with Gasteiger partial charge in [0, 0.05) is 0 Å². The van der Waals surface area contributed by atoms with Crippen molar-refractivity contribution in [3.05, 3.63) is 0 Å². The number of hydrogen-bond acceptors (Lipinski definition) is 5. The molecule has 0 aromatic carbocycles. The Hall–Kier alpha value is -1.11. The third-order valence-corrected chi connectivity index (χ3v) is 4.90. The van der Waals surface area contributed by atoms with Crippen molar-refractivity contribution in [3.8, 4) is 0 Å². The minimum absolute atomic E-state index is 0.0107. The molecule has 1 saturated heterocycles. The predicted octanol–water partition coefficient (Wildman–Crippen LogP) is 0.219. The molecule has 0 radical (unpaired) electrons. The van der Waals surface area contributed by atoms with Crippen molar-refractivity contribution in [1.82, 2.24) is 0 Å². The fourth-order valence-corrected chi connectivity index (χ4v) is 3.51. The Bertz CT molecular complexity index is 413. The second-order valence-electron chi connectivity index (χ2n) is 4.34. The zero-order valence-electron chi connectivity index (χ0n) is 9.64. The molecule has 1 fully saturated rings. The number of hydrogen-bond donors (Lipinski definition) is 1. The van der Waals surface area contributed by atoms with E-state index in [1.165, 1.54) is 7.11 Å². The first-order chi connectivity index (χ1) is 7.81. The van der Waals surface area contributed by atoms with E-state index in [0.29, 0.717) is 0 Å². The molecule has 0 bridgehead atoms. The Kier molecular flexibility index (Phi) is 4.13. The van der Waals surface area contributed by atoms with E-state index >= 15 is 0 Å². The maximum Gasteiger partial charge on any atom is 0.310 e. The lowest BCUT2D eigenvalue weighted by atomic mass is 9.78. The molecule has 1 aliphatic heterocycles. The molecule has 1 unspecified atom stereocenters. The summed E-state index contributed by atoms with van der Waals surface area (Å²) in [6, 6.07) is 0. The normalized spacial score (nSPS) is 28.1. The zero-order chi connectivity index (χ0) is 13.1. The lowest BCUT2D eigenvalue weighted by molar-refractivity contribution is -0.157. The van der Waals surface area contributed by atoms with Crippen LogP contribution in [0.25, 0.3) is 0 Å². The number of carbonyl (C=O) groups is 2. The van der Waals surface area contributed by atoms with Gasteiger partial charge in [0.15, 0.2) is 0 Å². The molecule has 1 heterocycles. The van der Waals surface area contributed by atoms with Gasteiger partial charge in [-0.3, -0.25) is 9.59 Å². The second kappa shape index (κ2) is 5.03. The summed E-state index contributed by atoms with van der Waals surface area (Å²) in [6.07, 6.45) is 0.163. The summed E-state index contributed by atoms with van der Waals surface area (Å²) < 4.78 is 27.3. The van der Waals surface area contributed by atoms with Gasteiger partial charge in [0.05, 0.1) is 30.5 Å². The Labute approximate surface area is 99.9 Å². The monoisotopic (exact) mass is 264 g/mol. The van der Waals surface area contributed by atoms with Gasteiger partial charge >= 0.3 is 11.9 Å². The Morgan fingerprint density at radius 1 is 1.29 bits per heavy atom. The first kappa shape index (κ1) is 14.0. The molecular formula is C10H16O6S. The molecule has 0 saturated carbocycles.